The summed E-state index contributed by atoms with van der Waals surface area (Å²) in [6, 6.07) is 13.2. The van der Waals surface area contributed by atoms with Crippen molar-refractivity contribution in [3.8, 4) is 0 Å². The second-order valence-electron chi connectivity index (χ2n) is 8.03. The average Bonchev–Trinajstić information content (AvgIpc) is 3.09. The summed E-state index contributed by atoms with van der Waals surface area (Å²) in [5, 5.41) is 2.07. The van der Waals surface area contributed by atoms with Gasteiger partial charge in [-0.3, -0.25) is 14.5 Å². The first kappa shape index (κ1) is 23.4. The molecule has 174 valence electrons. The molecule has 0 spiro atoms. The highest BCUT2D eigenvalue weighted by Crippen LogP contribution is 2.36. The number of amides is 2. The lowest BCUT2D eigenvalue weighted by Crippen LogP contribution is -2.42. The summed E-state index contributed by atoms with van der Waals surface area (Å²) >= 11 is 0.996. The zero-order valence-corrected chi connectivity index (χ0v) is 19.4. The second-order valence-corrected chi connectivity index (χ2v) is 10.8. The van der Waals surface area contributed by atoms with Crippen LogP contribution in [0.2, 0.25) is 0 Å². The van der Waals surface area contributed by atoms with Crippen molar-refractivity contribution in [1.82, 2.24) is 4.90 Å². The molecule has 1 saturated heterocycles. The Labute approximate surface area is 196 Å². The average molecular weight is 490 g/mol. The number of thioether (sulfide) groups is 1. The van der Waals surface area contributed by atoms with Gasteiger partial charge in [-0.1, -0.05) is 49.2 Å². The van der Waals surface area contributed by atoms with Crippen LogP contribution < -0.4 is 5.32 Å². The molecule has 2 aromatic carbocycles. The van der Waals surface area contributed by atoms with E-state index in [-0.39, 0.29) is 34.3 Å². The predicted octanol–water partition coefficient (Wildman–Crippen LogP) is 4.18. The van der Waals surface area contributed by atoms with Gasteiger partial charge >= 0.3 is 0 Å². The summed E-state index contributed by atoms with van der Waals surface area (Å²) in [5.41, 5.74) is 0.620. The van der Waals surface area contributed by atoms with Gasteiger partial charge in [0.2, 0.25) is 11.8 Å². The highest BCUT2D eigenvalue weighted by Gasteiger charge is 2.43. The van der Waals surface area contributed by atoms with Crippen LogP contribution in [0.5, 0.6) is 0 Å². The maximum atomic E-state index is 13.3. The van der Waals surface area contributed by atoms with Gasteiger partial charge in [0.05, 0.1) is 4.90 Å². The second kappa shape index (κ2) is 10.0. The Kier molecular flexibility index (Phi) is 7.14. The van der Waals surface area contributed by atoms with E-state index in [1.165, 1.54) is 4.90 Å². The zero-order valence-electron chi connectivity index (χ0n) is 17.8. The molecule has 0 aromatic heterocycles. The van der Waals surface area contributed by atoms with Crippen LogP contribution in [0.15, 0.2) is 63.9 Å². The number of anilines is 1. The summed E-state index contributed by atoms with van der Waals surface area (Å²) in [4.78, 5) is 27.1. The summed E-state index contributed by atoms with van der Waals surface area (Å²) < 4.78 is 42.9. The van der Waals surface area contributed by atoms with Crippen molar-refractivity contribution in [2.45, 2.75) is 54.7 Å². The van der Waals surface area contributed by atoms with E-state index >= 15 is 0 Å². The molecule has 1 aliphatic heterocycles. The minimum absolute atomic E-state index is 0.0775. The predicted molar refractivity (Wildman–Crippen MR) is 126 cm³/mol. The number of nitrogens with one attached hydrogen (secondary N) is 1. The highest BCUT2D eigenvalue weighted by molar-refractivity contribution is 8.16. The molecule has 2 aliphatic rings. The number of hydrogen-bond acceptors (Lipinski definition) is 5. The Morgan fingerprint density at radius 1 is 1.06 bits per heavy atom. The van der Waals surface area contributed by atoms with E-state index < -0.39 is 21.1 Å². The number of amidine groups is 1. The zero-order chi connectivity index (χ0) is 23.4. The molecule has 1 N–H and O–H groups in total. The lowest BCUT2D eigenvalue weighted by atomic mass is 9.94. The van der Waals surface area contributed by atoms with Crippen LogP contribution in [0, 0.1) is 5.82 Å². The van der Waals surface area contributed by atoms with Crippen molar-refractivity contribution in [3.63, 3.8) is 0 Å². The molecule has 1 aliphatic carbocycles. The van der Waals surface area contributed by atoms with Crippen molar-refractivity contribution < 1.29 is 22.4 Å². The minimum atomic E-state index is -4.15. The number of sulfonamides is 1. The Balaban J connectivity index is 1.58. The molecule has 0 bridgehead atoms. The van der Waals surface area contributed by atoms with E-state index in [0.717, 1.165) is 68.1 Å². The third-order valence-corrected chi connectivity index (χ3v) is 8.19. The third kappa shape index (κ3) is 5.62. The van der Waals surface area contributed by atoms with E-state index in [9.17, 15) is 22.4 Å². The van der Waals surface area contributed by atoms with Crippen molar-refractivity contribution in [2.24, 2.45) is 4.40 Å². The van der Waals surface area contributed by atoms with Gasteiger partial charge in [-0.15, -0.1) is 4.40 Å². The van der Waals surface area contributed by atoms with Crippen molar-refractivity contribution >= 4 is 44.5 Å². The summed E-state index contributed by atoms with van der Waals surface area (Å²) in [6.07, 6.45) is 4.36. The lowest BCUT2D eigenvalue weighted by molar-refractivity contribution is -0.130. The molecule has 10 heteroatoms. The summed E-state index contributed by atoms with van der Waals surface area (Å²) in [5.74, 6) is -1.19. The van der Waals surface area contributed by atoms with Gasteiger partial charge in [0, 0.05) is 18.2 Å². The first-order valence-corrected chi connectivity index (χ1v) is 13.1. The van der Waals surface area contributed by atoms with Gasteiger partial charge in [0.15, 0.2) is 5.17 Å². The number of rotatable bonds is 6. The molecular formula is C23H24FN3O4S2. The summed E-state index contributed by atoms with van der Waals surface area (Å²) in [6.45, 7) is 0. The molecule has 2 fully saturated rings. The fourth-order valence-corrected chi connectivity index (χ4v) is 6.42. The number of carbonyl (C=O) groups excluding carboxylic acids is 2. The van der Waals surface area contributed by atoms with Crippen LogP contribution in [0.25, 0.3) is 0 Å². The number of carbonyl (C=O) groups is 2. The maximum Gasteiger partial charge on any atom is 0.284 e. The van der Waals surface area contributed by atoms with Crippen molar-refractivity contribution in [1.29, 1.82) is 0 Å². The van der Waals surface area contributed by atoms with Gasteiger partial charge in [0.25, 0.3) is 10.0 Å². The molecule has 2 aromatic rings. The molecule has 33 heavy (non-hydrogen) atoms. The van der Waals surface area contributed by atoms with Crippen LogP contribution in [0.1, 0.15) is 38.5 Å². The number of nitrogens with zero attached hydrogens (tertiary/aromatic N) is 2. The van der Waals surface area contributed by atoms with E-state index in [4.69, 9.17) is 0 Å². The van der Waals surface area contributed by atoms with E-state index in [1.807, 2.05) is 6.07 Å². The largest absolute Gasteiger partial charge is 0.326 e. The van der Waals surface area contributed by atoms with Gasteiger partial charge < -0.3 is 5.32 Å². The number of hydrogen-bond donors (Lipinski definition) is 1. The number of para-hydroxylation sites is 1. The van der Waals surface area contributed by atoms with Gasteiger partial charge in [-0.2, -0.15) is 8.42 Å². The summed E-state index contributed by atoms with van der Waals surface area (Å²) in [7, 11) is -4.15. The van der Waals surface area contributed by atoms with Crippen LogP contribution in [-0.4, -0.2) is 41.6 Å². The molecule has 7 nitrogen and oxygen atoms in total. The van der Waals surface area contributed by atoms with Crippen molar-refractivity contribution in [3.05, 3.63) is 60.4 Å². The molecule has 2 amide bonds. The monoisotopic (exact) mass is 489 g/mol. The molecular weight excluding hydrogens is 465 g/mol. The van der Waals surface area contributed by atoms with Gasteiger partial charge in [-0.25, -0.2) is 4.39 Å². The normalized spacial score (nSPS) is 20.9. The third-order valence-electron chi connectivity index (χ3n) is 5.64. The molecule has 1 heterocycles. The van der Waals surface area contributed by atoms with Crippen LogP contribution in [0.3, 0.4) is 0 Å². The maximum absolute atomic E-state index is 13.3. The fraction of sp³-hybridized carbons (Fsp3) is 0.348. The Morgan fingerprint density at radius 3 is 2.39 bits per heavy atom. The Bertz CT molecular complexity index is 1150. The topological polar surface area (TPSA) is 95.9 Å². The molecule has 1 saturated carbocycles. The van der Waals surface area contributed by atoms with E-state index in [1.54, 1.807) is 24.3 Å². The number of benzene rings is 2. The Hall–Kier alpha value is -2.72. The quantitative estimate of drug-likeness (QED) is 0.657. The smallest absolute Gasteiger partial charge is 0.284 e. The SMILES string of the molecule is O=C(C[C@H]1SC(=NS(=O)(=O)c2ccc(F)cc2)N(C2CCCCC2)C1=O)Nc1ccccc1. The molecule has 0 unspecified atom stereocenters. The van der Waals surface area contributed by atoms with Crippen LogP contribution >= 0.6 is 11.8 Å². The molecule has 1 atom stereocenters. The van der Waals surface area contributed by atoms with Crippen molar-refractivity contribution in [2.75, 3.05) is 5.32 Å². The first-order valence-electron chi connectivity index (χ1n) is 10.8. The first-order chi connectivity index (χ1) is 15.8. The number of halogens is 1. The molecule has 0 radical (unpaired) electrons. The highest BCUT2D eigenvalue weighted by atomic mass is 32.2. The van der Waals surface area contributed by atoms with E-state index in [2.05, 4.69) is 9.71 Å². The lowest BCUT2D eigenvalue weighted by Gasteiger charge is -2.30. The van der Waals surface area contributed by atoms with Gasteiger partial charge in [0.1, 0.15) is 11.1 Å². The molecule has 4 rings (SSSR count). The van der Waals surface area contributed by atoms with Gasteiger partial charge in [-0.05, 0) is 49.2 Å². The minimum Gasteiger partial charge on any atom is -0.326 e. The van der Waals surface area contributed by atoms with E-state index in [0.29, 0.717) is 5.69 Å². The standard InChI is InChI=1S/C23H24FN3O4S2/c24-16-11-13-19(14-12-16)33(30,31)26-23-27(18-9-5-2-6-10-18)22(29)20(32-23)15-21(28)25-17-7-3-1-4-8-17/h1,3-4,7-8,11-14,18,20H,2,5-6,9-10,15H2,(H,25,28)/t20-/m1/s1. The van der Waals surface area contributed by atoms with Crippen LogP contribution in [-0.2, 0) is 19.6 Å². The Morgan fingerprint density at radius 2 is 1.73 bits per heavy atom. The van der Waals surface area contributed by atoms with Crippen LogP contribution in [0.4, 0.5) is 10.1 Å². The fourth-order valence-electron chi connectivity index (χ4n) is 4.02.